The van der Waals surface area contributed by atoms with E-state index in [1.807, 2.05) is 37.3 Å². The third-order valence-corrected chi connectivity index (χ3v) is 3.59. The second kappa shape index (κ2) is 7.04. The fourth-order valence-corrected chi connectivity index (χ4v) is 1.91. The molecule has 3 N–H and O–H groups in total. The molecule has 2 aromatic rings. The van der Waals surface area contributed by atoms with Gasteiger partial charge in [0, 0.05) is 6.54 Å². The molecule has 0 aliphatic rings. The number of nitrogens with zero attached hydrogens (tertiary/aromatic N) is 1. The van der Waals surface area contributed by atoms with Crippen molar-refractivity contribution in [3.63, 3.8) is 0 Å². The number of oxazole rings is 1. The Morgan fingerprint density at radius 2 is 2.10 bits per heavy atom. The zero-order valence-corrected chi connectivity index (χ0v) is 12.4. The summed E-state index contributed by atoms with van der Waals surface area (Å²) in [5.41, 5.74) is 7.34. The van der Waals surface area contributed by atoms with Crippen molar-refractivity contribution >= 4 is 5.91 Å². The lowest BCUT2D eigenvalue weighted by Crippen LogP contribution is -2.24. The van der Waals surface area contributed by atoms with Gasteiger partial charge in [0.15, 0.2) is 5.69 Å². The second-order valence-corrected chi connectivity index (χ2v) is 5.15. The lowest BCUT2D eigenvalue weighted by molar-refractivity contribution is 0.0946. The van der Waals surface area contributed by atoms with Crippen LogP contribution in [0.2, 0.25) is 0 Å². The average molecular weight is 287 g/mol. The molecule has 5 heteroatoms. The van der Waals surface area contributed by atoms with Crippen molar-refractivity contribution in [3.8, 4) is 0 Å². The highest BCUT2D eigenvalue weighted by Crippen LogP contribution is 2.21. The predicted molar refractivity (Wildman–Crippen MR) is 80.5 cm³/mol. The number of hydrogen-bond acceptors (Lipinski definition) is 4. The monoisotopic (exact) mass is 287 g/mol. The molecule has 0 saturated heterocycles. The molecule has 2 atom stereocenters. The third-order valence-electron chi connectivity index (χ3n) is 3.59. The first-order valence-corrected chi connectivity index (χ1v) is 7.15. The summed E-state index contributed by atoms with van der Waals surface area (Å²) in [6, 6.07) is 9.42. The summed E-state index contributed by atoms with van der Waals surface area (Å²) in [6.07, 6.45) is 2.29. The van der Waals surface area contributed by atoms with Crippen molar-refractivity contribution in [1.29, 1.82) is 0 Å². The highest BCUT2D eigenvalue weighted by atomic mass is 16.3. The summed E-state index contributed by atoms with van der Waals surface area (Å²) in [6.45, 7) is 4.55. The Balaban J connectivity index is 1.96. The van der Waals surface area contributed by atoms with Gasteiger partial charge in [-0.05, 0) is 11.5 Å². The van der Waals surface area contributed by atoms with Crippen LogP contribution in [0.3, 0.4) is 0 Å². The van der Waals surface area contributed by atoms with Crippen molar-refractivity contribution in [2.45, 2.75) is 32.9 Å². The Kier molecular flexibility index (Phi) is 5.11. The molecule has 0 aliphatic carbocycles. The largest absolute Gasteiger partial charge is 0.446 e. The quantitative estimate of drug-likeness (QED) is 0.855. The fraction of sp³-hybridized carbons (Fsp3) is 0.375. The zero-order valence-electron chi connectivity index (χ0n) is 12.4. The van der Waals surface area contributed by atoms with Crippen LogP contribution in [0.15, 0.2) is 41.0 Å². The Morgan fingerprint density at radius 1 is 1.38 bits per heavy atom. The zero-order chi connectivity index (χ0) is 15.2. The van der Waals surface area contributed by atoms with Crippen LogP contribution in [0, 0.1) is 5.92 Å². The Morgan fingerprint density at radius 3 is 2.76 bits per heavy atom. The van der Waals surface area contributed by atoms with Gasteiger partial charge in [0.05, 0.1) is 6.04 Å². The SMILES string of the molecule is CCC(C)C(N)c1nc(C(=O)NCc2ccccc2)co1. The number of nitrogens with two attached hydrogens (primary N) is 1. The van der Waals surface area contributed by atoms with Crippen LogP contribution < -0.4 is 11.1 Å². The molecule has 0 aliphatic heterocycles. The fourth-order valence-electron chi connectivity index (χ4n) is 1.91. The van der Waals surface area contributed by atoms with Gasteiger partial charge in [-0.2, -0.15) is 0 Å². The van der Waals surface area contributed by atoms with Crippen LogP contribution in [0.25, 0.3) is 0 Å². The molecule has 1 aromatic heterocycles. The first-order valence-electron chi connectivity index (χ1n) is 7.15. The number of benzene rings is 1. The van der Waals surface area contributed by atoms with Crippen molar-refractivity contribution in [1.82, 2.24) is 10.3 Å². The Bertz CT molecular complexity index is 580. The van der Waals surface area contributed by atoms with E-state index >= 15 is 0 Å². The van der Waals surface area contributed by atoms with Gasteiger partial charge in [-0.25, -0.2) is 4.98 Å². The molecule has 0 fully saturated rings. The third kappa shape index (κ3) is 3.92. The molecule has 112 valence electrons. The normalized spacial score (nSPS) is 13.7. The number of hydrogen-bond donors (Lipinski definition) is 2. The van der Waals surface area contributed by atoms with Crippen LogP contribution in [0.4, 0.5) is 0 Å². The van der Waals surface area contributed by atoms with Crippen LogP contribution in [-0.4, -0.2) is 10.9 Å². The van der Waals surface area contributed by atoms with Gasteiger partial charge in [0.2, 0.25) is 5.89 Å². The maximum atomic E-state index is 12.0. The number of carbonyl (C=O) groups is 1. The van der Waals surface area contributed by atoms with Gasteiger partial charge < -0.3 is 15.5 Å². The molecular weight excluding hydrogens is 266 g/mol. The molecule has 0 saturated carbocycles. The Labute approximate surface area is 124 Å². The topological polar surface area (TPSA) is 81.1 Å². The molecule has 1 aromatic carbocycles. The highest BCUT2D eigenvalue weighted by molar-refractivity contribution is 5.91. The van der Waals surface area contributed by atoms with E-state index in [0.29, 0.717) is 12.4 Å². The van der Waals surface area contributed by atoms with Gasteiger partial charge in [0.25, 0.3) is 5.91 Å². The molecule has 1 amide bonds. The number of amides is 1. The number of aromatic nitrogens is 1. The van der Waals surface area contributed by atoms with Gasteiger partial charge in [-0.1, -0.05) is 50.6 Å². The van der Waals surface area contributed by atoms with Crippen molar-refractivity contribution in [2.75, 3.05) is 0 Å². The van der Waals surface area contributed by atoms with Gasteiger partial charge >= 0.3 is 0 Å². The maximum Gasteiger partial charge on any atom is 0.273 e. The average Bonchev–Trinajstić information content (AvgIpc) is 3.02. The van der Waals surface area contributed by atoms with E-state index in [2.05, 4.69) is 17.2 Å². The Hall–Kier alpha value is -2.14. The predicted octanol–water partition coefficient (Wildman–Crippen LogP) is 2.65. The van der Waals surface area contributed by atoms with E-state index in [0.717, 1.165) is 12.0 Å². The molecule has 21 heavy (non-hydrogen) atoms. The minimum absolute atomic E-state index is 0.254. The summed E-state index contributed by atoms with van der Waals surface area (Å²) in [5, 5.41) is 2.81. The first kappa shape index (κ1) is 15.3. The van der Waals surface area contributed by atoms with Crippen LogP contribution in [0.1, 0.15) is 48.3 Å². The molecule has 0 radical (unpaired) electrons. The van der Waals surface area contributed by atoms with Gasteiger partial charge in [0.1, 0.15) is 6.26 Å². The van der Waals surface area contributed by atoms with E-state index in [1.54, 1.807) is 0 Å². The van der Waals surface area contributed by atoms with E-state index in [4.69, 9.17) is 10.2 Å². The highest BCUT2D eigenvalue weighted by Gasteiger charge is 2.20. The molecule has 0 spiro atoms. The number of rotatable bonds is 6. The molecule has 5 nitrogen and oxygen atoms in total. The summed E-state index contributed by atoms with van der Waals surface area (Å²) >= 11 is 0. The standard InChI is InChI=1S/C16H21N3O2/c1-3-11(2)14(17)16-19-13(10-21-16)15(20)18-9-12-7-5-4-6-8-12/h4-8,10-11,14H,3,9,17H2,1-2H3,(H,18,20). The minimum Gasteiger partial charge on any atom is -0.446 e. The second-order valence-electron chi connectivity index (χ2n) is 5.15. The van der Waals surface area contributed by atoms with Crippen LogP contribution in [-0.2, 0) is 6.54 Å². The van der Waals surface area contributed by atoms with Crippen molar-refractivity contribution < 1.29 is 9.21 Å². The summed E-state index contributed by atoms with van der Waals surface area (Å²) in [5.74, 6) is 0.406. The maximum absolute atomic E-state index is 12.0. The van der Waals surface area contributed by atoms with Crippen LogP contribution >= 0.6 is 0 Å². The van der Waals surface area contributed by atoms with Gasteiger partial charge in [-0.3, -0.25) is 4.79 Å². The number of carbonyl (C=O) groups excluding carboxylic acids is 1. The lowest BCUT2D eigenvalue weighted by Gasteiger charge is -2.13. The molecule has 2 unspecified atom stereocenters. The van der Waals surface area contributed by atoms with E-state index in [-0.39, 0.29) is 23.6 Å². The lowest BCUT2D eigenvalue weighted by atomic mass is 10.0. The number of nitrogens with one attached hydrogen (secondary N) is 1. The molecule has 1 heterocycles. The smallest absolute Gasteiger partial charge is 0.273 e. The summed E-state index contributed by atoms with van der Waals surface area (Å²) < 4.78 is 5.33. The van der Waals surface area contributed by atoms with Crippen LogP contribution in [0.5, 0.6) is 0 Å². The molecule has 2 rings (SSSR count). The summed E-state index contributed by atoms with van der Waals surface area (Å²) in [4.78, 5) is 16.2. The van der Waals surface area contributed by atoms with E-state index in [9.17, 15) is 4.79 Å². The van der Waals surface area contributed by atoms with Crippen molar-refractivity contribution in [3.05, 3.63) is 53.7 Å². The molecule has 0 bridgehead atoms. The van der Waals surface area contributed by atoms with E-state index in [1.165, 1.54) is 6.26 Å². The van der Waals surface area contributed by atoms with E-state index < -0.39 is 0 Å². The minimum atomic E-state index is -0.286. The molecular formula is C16H21N3O2. The summed E-state index contributed by atoms with van der Waals surface area (Å²) in [7, 11) is 0. The van der Waals surface area contributed by atoms with Crippen molar-refractivity contribution in [2.24, 2.45) is 11.7 Å². The van der Waals surface area contributed by atoms with Gasteiger partial charge in [-0.15, -0.1) is 0 Å². The first-order chi connectivity index (χ1) is 10.1.